The molecule has 0 bridgehead atoms. The molecule has 0 unspecified atom stereocenters. The molecule has 7 nitrogen and oxygen atoms in total. The number of fused-ring (bicyclic) bond motifs is 1. The number of para-hydroxylation sites is 1. The highest BCUT2D eigenvalue weighted by atomic mass is 35.5. The summed E-state index contributed by atoms with van der Waals surface area (Å²) in [6.07, 6.45) is 1.34. The van der Waals surface area contributed by atoms with Crippen molar-refractivity contribution in [3.05, 3.63) is 99.0 Å². The monoisotopic (exact) mass is 467 g/mol. The number of esters is 1. The van der Waals surface area contributed by atoms with E-state index in [0.29, 0.717) is 21.6 Å². The largest absolute Gasteiger partial charge is 0.423 e. The minimum Gasteiger partial charge on any atom is -0.423 e. The van der Waals surface area contributed by atoms with E-state index in [1.54, 1.807) is 42.5 Å². The van der Waals surface area contributed by atoms with E-state index in [4.69, 9.17) is 27.9 Å². The van der Waals surface area contributed by atoms with Crippen molar-refractivity contribution in [2.75, 3.05) is 5.32 Å². The summed E-state index contributed by atoms with van der Waals surface area (Å²) in [5.41, 5.74) is 0.928. The predicted molar refractivity (Wildman–Crippen MR) is 122 cm³/mol. The van der Waals surface area contributed by atoms with Crippen molar-refractivity contribution in [3.8, 4) is 5.75 Å². The number of halogens is 2. The molecule has 4 aromatic rings. The highest BCUT2D eigenvalue weighted by molar-refractivity contribution is 6.36. The minimum absolute atomic E-state index is 0.183. The lowest BCUT2D eigenvalue weighted by molar-refractivity contribution is -0.116. The van der Waals surface area contributed by atoms with Crippen molar-refractivity contribution >= 4 is 51.7 Å². The van der Waals surface area contributed by atoms with E-state index in [0.717, 1.165) is 0 Å². The molecular formula is C23H15Cl2N3O4. The number of benzene rings is 3. The number of rotatable bonds is 5. The van der Waals surface area contributed by atoms with E-state index in [9.17, 15) is 14.4 Å². The molecule has 0 saturated carbocycles. The lowest BCUT2D eigenvalue weighted by atomic mass is 10.2. The number of ether oxygens (including phenoxy) is 1. The lowest BCUT2D eigenvalue weighted by Crippen LogP contribution is -2.27. The summed E-state index contributed by atoms with van der Waals surface area (Å²) in [6, 6.07) is 17.6. The first-order valence-corrected chi connectivity index (χ1v) is 10.2. The third kappa shape index (κ3) is 4.80. The maximum absolute atomic E-state index is 12.5. The zero-order valence-electron chi connectivity index (χ0n) is 16.4. The first kappa shape index (κ1) is 21.5. The van der Waals surface area contributed by atoms with Gasteiger partial charge in [0.1, 0.15) is 12.3 Å². The zero-order chi connectivity index (χ0) is 22.7. The Balaban J connectivity index is 1.40. The number of hydrogen-bond acceptors (Lipinski definition) is 5. The molecule has 4 rings (SSSR count). The summed E-state index contributed by atoms with van der Waals surface area (Å²) in [7, 11) is 0. The Bertz CT molecular complexity index is 1380. The maximum atomic E-state index is 12.5. The van der Waals surface area contributed by atoms with Crippen LogP contribution in [-0.2, 0) is 11.3 Å². The number of nitrogens with one attached hydrogen (secondary N) is 1. The highest BCUT2D eigenvalue weighted by Gasteiger charge is 2.14. The second-order valence-electron chi connectivity index (χ2n) is 6.78. The number of anilines is 1. The summed E-state index contributed by atoms with van der Waals surface area (Å²) in [6.45, 7) is -0.192. The van der Waals surface area contributed by atoms with Crippen LogP contribution in [0.25, 0.3) is 10.9 Å². The van der Waals surface area contributed by atoms with Gasteiger partial charge in [-0.25, -0.2) is 9.78 Å². The standard InChI is InChI=1S/C23H15Cl2N3O4/c24-14-5-10-17(19(25)11-14)23(31)32-16-8-6-15(7-9-16)27-21(29)12-28-13-26-20-4-2-1-3-18(20)22(28)30/h1-11,13H,12H2,(H,27,29). The number of carbonyl (C=O) groups excluding carboxylic acids is 2. The molecule has 160 valence electrons. The zero-order valence-corrected chi connectivity index (χ0v) is 17.9. The molecule has 1 N–H and O–H groups in total. The van der Waals surface area contributed by atoms with Gasteiger partial charge in [0.05, 0.1) is 27.8 Å². The first-order chi connectivity index (χ1) is 15.4. The topological polar surface area (TPSA) is 90.3 Å². The van der Waals surface area contributed by atoms with E-state index < -0.39 is 11.9 Å². The molecule has 0 saturated heterocycles. The van der Waals surface area contributed by atoms with Crippen LogP contribution in [0.15, 0.2) is 77.9 Å². The molecule has 0 radical (unpaired) electrons. The molecule has 32 heavy (non-hydrogen) atoms. The van der Waals surface area contributed by atoms with Crippen molar-refractivity contribution < 1.29 is 14.3 Å². The molecule has 3 aromatic carbocycles. The van der Waals surface area contributed by atoms with Gasteiger partial charge in [0.15, 0.2) is 0 Å². The van der Waals surface area contributed by atoms with Crippen LogP contribution < -0.4 is 15.6 Å². The van der Waals surface area contributed by atoms with Gasteiger partial charge in [-0.15, -0.1) is 0 Å². The number of aromatic nitrogens is 2. The Morgan fingerprint density at radius 1 is 1.00 bits per heavy atom. The predicted octanol–water partition coefficient (Wildman–Crippen LogP) is 4.56. The fourth-order valence-corrected chi connectivity index (χ4v) is 3.48. The molecule has 1 aromatic heterocycles. The first-order valence-electron chi connectivity index (χ1n) is 9.42. The molecule has 0 spiro atoms. The maximum Gasteiger partial charge on any atom is 0.345 e. The van der Waals surface area contributed by atoms with Gasteiger partial charge in [-0.3, -0.25) is 14.2 Å². The number of hydrogen-bond donors (Lipinski definition) is 1. The second-order valence-corrected chi connectivity index (χ2v) is 7.62. The fourth-order valence-electron chi connectivity index (χ4n) is 3.00. The summed E-state index contributed by atoms with van der Waals surface area (Å²) < 4.78 is 6.54. The van der Waals surface area contributed by atoms with Crippen LogP contribution in [0.1, 0.15) is 10.4 Å². The van der Waals surface area contributed by atoms with Gasteiger partial charge in [0.25, 0.3) is 5.56 Å². The van der Waals surface area contributed by atoms with Crippen molar-refractivity contribution in [1.29, 1.82) is 0 Å². The van der Waals surface area contributed by atoms with Crippen LogP contribution in [0, 0.1) is 0 Å². The highest BCUT2D eigenvalue weighted by Crippen LogP contribution is 2.23. The van der Waals surface area contributed by atoms with Gasteiger partial charge in [0.2, 0.25) is 5.91 Å². The Labute approximate surface area is 192 Å². The SMILES string of the molecule is O=C(Cn1cnc2ccccc2c1=O)Nc1ccc(OC(=O)c2ccc(Cl)cc2Cl)cc1. The normalized spacial score (nSPS) is 10.7. The molecule has 0 aliphatic rings. The van der Waals surface area contributed by atoms with Crippen LogP contribution in [0.5, 0.6) is 5.75 Å². The van der Waals surface area contributed by atoms with Gasteiger partial charge in [-0.05, 0) is 54.6 Å². The quantitative estimate of drug-likeness (QED) is 0.343. The second kappa shape index (κ2) is 9.21. The van der Waals surface area contributed by atoms with Crippen LogP contribution >= 0.6 is 23.2 Å². The van der Waals surface area contributed by atoms with Gasteiger partial charge in [-0.1, -0.05) is 35.3 Å². The van der Waals surface area contributed by atoms with Crippen LogP contribution in [-0.4, -0.2) is 21.4 Å². The summed E-state index contributed by atoms with van der Waals surface area (Å²) in [5.74, 6) is -0.762. The smallest absolute Gasteiger partial charge is 0.345 e. The third-order valence-corrected chi connectivity index (χ3v) is 5.09. The summed E-state index contributed by atoms with van der Waals surface area (Å²) >= 11 is 11.9. The van der Waals surface area contributed by atoms with Crippen LogP contribution in [0.3, 0.4) is 0 Å². The molecular weight excluding hydrogens is 453 g/mol. The Kier molecular flexibility index (Phi) is 6.20. The fraction of sp³-hybridized carbons (Fsp3) is 0.0435. The van der Waals surface area contributed by atoms with Crippen LogP contribution in [0.4, 0.5) is 5.69 Å². The Morgan fingerprint density at radius 2 is 1.75 bits per heavy atom. The van der Waals surface area contributed by atoms with Crippen LogP contribution in [0.2, 0.25) is 10.0 Å². The average molecular weight is 468 g/mol. The Hall–Kier alpha value is -3.68. The van der Waals surface area contributed by atoms with Crippen molar-refractivity contribution in [2.24, 2.45) is 0 Å². The number of amides is 1. The van der Waals surface area contributed by atoms with E-state index in [2.05, 4.69) is 10.3 Å². The Morgan fingerprint density at radius 3 is 2.50 bits per heavy atom. The van der Waals surface area contributed by atoms with E-state index in [1.165, 1.54) is 35.2 Å². The van der Waals surface area contributed by atoms with Crippen molar-refractivity contribution in [1.82, 2.24) is 9.55 Å². The van der Waals surface area contributed by atoms with Crippen molar-refractivity contribution in [3.63, 3.8) is 0 Å². The molecule has 1 amide bonds. The summed E-state index contributed by atoms with van der Waals surface area (Å²) in [4.78, 5) is 41.3. The van der Waals surface area contributed by atoms with E-state index >= 15 is 0 Å². The van der Waals surface area contributed by atoms with E-state index in [-0.39, 0.29) is 28.4 Å². The molecule has 0 atom stereocenters. The van der Waals surface area contributed by atoms with Gasteiger partial charge >= 0.3 is 5.97 Å². The number of carbonyl (C=O) groups is 2. The lowest BCUT2D eigenvalue weighted by Gasteiger charge is -2.09. The minimum atomic E-state index is -0.633. The van der Waals surface area contributed by atoms with Gasteiger partial charge in [0, 0.05) is 10.7 Å². The molecule has 1 heterocycles. The molecule has 0 aliphatic carbocycles. The number of nitrogens with zero attached hydrogens (tertiary/aromatic N) is 2. The van der Waals surface area contributed by atoms with Crippen molar-refractivity contribution in [2.45, 2.75) is 6.54 Å². The molecule has 0 fully saturated rings. The average Bonchev–Trinajstić information content (AvgIpc) is 2.77. The molecule has 0 aliphatic heterocycles. The summed E-state index contributed by atoms with van der Waals surface area (Å²) in [5, 5.41) is 3.73. The van der Waals surface area contributed by atoms with E-state index in [1.807, 2.05) is 0 Å². The molecule has 9 heteroatoms. The van der Waals surface area contributed by atoms with Gasteiger partial charge < -0.3 is 10.1 Å². The third-order valence-electron chi connectivity index (χ3n) is 4.55. The van der Waals surface area contributed by atoms with Gasteiger partial charge in [-0.2, -0.15) is 0 Å².